The Hall–Kier alpha value is -3.79. The number of rotatable bonds is 3. The summed E-state index contributed by atoms with van der Waals surface area (Å²) >= 11 is 0. The van der Waals surface area contributed by atoms with Gasteiger partial charge in [0.1, 0.15) is 11.3 Å². The maximum atomic E-state index is 10.7. The minimum absolute atomic E-state index is 0. The molecule has 1 aliphatic rings. The summed E-state index contributed by atoms with van der Waals surface area (Å²) in [5.74, 6) is -0.593. The fraction of sp³-hybridized carbons (Fsp3) is 0.200. The molecule has 4 aromatic carbocycles. The molecule has 0 spiro atoms. The first-order valence-electron chi connectivity index (χ1n) is 15.1. The molecule has 4 nitrogen and oxygen atoms in total. The summed E-state index contributed by atoms with van der Waals surface area (Å²) in [6.07, 6.45) is 5.67. The Labute approximate surface area is 253 Å². The third-order valence-electron chi connectivity index (χ3n) is 7.31. The van der Waals surface area contributed by atoms with Crippen LogP contribution in [0.25, 0.3) is 44.0 Å². The number of nitrogens with zero attached hydrogens (tertiary/aromatic N) is 1. The molecular formula is C35H30IrNO3-. The molecule has 203 valence electrons. The van der Waals surface area contributed by atoms with Gasteiger partial charge < -0.3 is 14.5 Å². The number of pyridine rings is 1. The first kappa shape index (κ1) is 23.0. The quantitative estimate of drug-likeness (QED) is 0.147. The fourth-order valence-corrected chi connectivity index (χ4v) is 5.39. The summed E-state index contributed by atoms with van der Waals surface area (Å²) in [4.78, 5) is 15.3. The molecule has 1 saturated carbocycles. The minimum atomic E-state index is -2.31. The minimum Gasteiger partial charge on any atom is -0.507 e. The standard InChI is InChI=1S/C27H22NO.C8H8O2.Ir/c1-17-14-23-22-8-4-5-9-25(22)29-27(23)24(15-17)26-21-11-10-19(18-6-2-3-7-18)16-20(21)12-13-28-26;1-6(9)7-4-2-3-5-8(7)10;/h4-5,8-14,16,18H,2-3,6-7H2,1H3;2-5,10H,1H3;/q-1;;/i1D3,18D;;. The van der Waals surface area contributed by atoms with E-state index in [2.05, 4.69) is 17.1 Å². The molecule has 40 heavy (non-hydrogen) atoms. The number of carbonyl (C=O) groups is 1. The smallest absolute Gasteiger partial charge is 0.163 e. The van der Waals surface area contributed by atoms with Crippen LogP contribution in [0.15, 0.2) is 89.5 Å². The molecule has 0 atom stereocenters. The molecule has 1 fully saturated rings. The van der Waals surface area contributed by atoms with Crippen molar-refractivity contribution in [2.24, 2.45) is 0 Å². The zero-order valence-corrected chi connectivity index (χ0v) is 24.4. The van der Waals surface area contributed by atoms with E-state index < -0.39 is 12.7 Å². The third-order valence-corrected chi connectivity index (χ3v) is 7.31. The van der Waals surface area contributed by atoms with Crippen molar-refractivity contribution in [3.05, 3.63) is 108 Å². The van der Waals surface area contributed by atoms with Gasteiger partial charge in [0, 0.05) is 37.2 Å². The zero-order chi connectivity index (χ0) is 30.4. The van der Waals surface area contributed by atoms with Gasteiger partial charge in [-0.1, -0.05) is 79.2 Å². The molecule has 2 heterocycles. The van der Waals surface area contributed by atoms with E-state index in [1.54, 1.807) is 30.5 Å². The molecule has 0 saturated heterocycles. The number of carbonyl (C=O) groups excluding carboxylic acids is 1. The zero-order valence-electron chi connectivity index (χ0n) is 26.0. The monoisotopic (exact) mass is 709 g/mol. The van der Waals surface area contributed by atoms with Crippen molar-refractivity contribution < 1.29 is 39.9 Å². The number of benzene rings is 4. The van der Waals surface area contributed by atoms with Crippen molar-refractivity contribution >= 4 is 38.5 Å². The van der Waals surface area contributed by atoms with Crippen LogP contribution < -0.4 is 0 Å². The largest absolute Gasteiger partial charge is 0.507 e. The topological polar surface area (TPSA) is 63.3 Å². The van der Waals surface area contributed by atoms with E-state index in [0.29, 0.717) is 28.0 Å². The van der Waals surface area contributed by atoms with Crippen LogP contribution in [0.5, 0.6) is 5.75 Å². The molecule has 0 aliphatic heterocycles. The van der Waals surface area contributed by atoms with Crippen molar-refractivity contribution in [1.29, 1.82) is 0 Å². The number of Topliss-reactive ketones (excluding diaryl/α,β-unsaturated/α-hetero) is 1. The number of aryl methyl sites for hydroxylation is 1. The van der Waals surface area contributed by atoms with Crippen molar-refractivity contribution in [1.82, 2.24) is 4.98 Å². The molecule has 1 aliphatic carbocycles. The second-order valence-corrected chi connectivity index (χ2v) is 9.88. The Kier molecular flexibility index (Phi) is 6.75. The number of aromatic nitrogens is 1. The van der Waals surface area contributed by atoms with Crippen molar-refractivity contribution in [2.75, 3.05) is 0 Å². The SMILES string of the molecule is CC(=O)c1ccccc1O.[2H]C([2H])([2H])c1[c-]c(-c2nccc3cc(C4([2H])CCCC4)ccc23)c2oc3ccccc3c2c1.[Ir]. The average molecular weight is 709 g/mol. The summed E-state index contributed by atoms with van der Waals surface area (Å²) in [5.41, 5.74) is 4.02. The number of ketones is 1. The number of aromatic hydroxyl groups is 1. The molecule has 0 bridgehead atoms. The maximum Gasteiger partial charge on any atom is 0.163 e. The van der Waals surface area contributed by atoms with E-state index in [4.69, 9.17) is 15.0 Å². The van der Waals surface area contributed by atoms with Gasteiger partial charge in [0.05, 0.1) is 11.1 Å². The molecule has 0 amide bonds. The Bertz CT molecular complexity index is 1990. The van der Waals surface area contributed by atoms with Gasteiger partial charge in [-0.3, -0.25) is 4.79 Å². The number of furan rings is 1. The molecule has 0 unspecified atom stereocenters. The summed E-state index contributed by atoms with van der Waals surface area (Å²) in [6, 6.07) is 27.0. The molecular weight excluding hydrogens is 675 g/mol. The van der Waals surface area contributed by atoms with Crippen LogP contribution in [-0.2, 0) is 20.1 Å². The van der Waals surface area contributed by atoms with Crippen LogP contribution in [0.1, 0.15) is 65.5 Å². The summed E-state index contributed by atoms with van der Waals surface area (Å²) in [5, 5.41) is 12.5. The molecule has 2 aromatic heterocycles. The van der Waals surface area contributed by atoms with Gasteiger partial charge in [0.15, 0.2) is 5.78 Å². The van der Waals surface area contributed by atoms with Crippen LogP contribution in [0.3, 0.4) is 0 Å². The number of phenolic OH excluding ortho intramolecular Hbond substituents is 1. The number of fused-ring (bicyclic) bond motifs is 4. The second-order valence-electron chi connectivity index (χ2n) is 9.88. The predicted molar refractivity (Wildman–Crippen MR) is 157 cm³/mol. The van der Waals surface area contributed by atoms with Crippen LogP contribution in [-0.4, -0.2) is 15.9 Å². The van der Waals surface area contributed by atoms with E-state index in [1.807, 2.05) is 42.5 Å². The normalized spacial score (nSPS) is 15.8. The van der Waals surface area contributed by atoms with Gasteiger partial charge >= 0.3 is 0 Å². The van der Waals surface area contributed by atoms with Crippen molar-refractivity contribution in [3.63, 3.8) is 0 Å². The average Bonchev–Trinajstić information content (AvgIpc) is 3.60. The Morgan fingerprint density at radius 1 is 1.00 bits per heavy atom. The number of hydrogen-bond acceptors (Lipinski definition) is 4. The first-order valence-corrected chi connectivity index (χ1v) is 13.1. The molecule has 1 N–H and O–H groups in total. The Balaban J connectivity index is 0.000000300. The van der Waals surface area contributed by atoms with Gasteiger partial charge in [0.2, 0.25) is 0 Å². The van der Waals surface area contributed by atoms with Gasteiger partial charge in [0.25, 0.3) is 0 Å². The summed E-state index contributed by atoms with van der Waals surface area (Å²) in [7, 11) is 0. The van der Waals surface area contributed by atoms with E-state index in [-0.39, 0.29) is 37.2 Å². The third kappa shape index (κ3) is 5.32. The first-order chi connectivity index (χ1) is 20.5. The molecule has 6 aromatic rings. The van der Waals surface area contributed by atoms with E-state index in [9.17, 15) is 4.79 Å². The van der Waals surface area contributed by atoms with Crippen LogP contribution in [0.4, 0.5) is 0 Å². The predicted octanol–water partition coefficient (Wildman–Crippen LogP) is 9.16. The second kappa shape index (κ2) is 11.8. The molecule has 1 radical (unpaired) electrons. The van der Waals surface area contributed by atoms with E-state index >= 15 is 0 Å². The number of phenols is 1. The Morgan fingerprint density at radius 3 is 2.52 bits per heavy atom. The number of para-hydroxylation sites is 2. The fourth-order valence-electron chi connectivity index (χ4n) is 5.39. The van der Waals surface area contributed by atoms with Gasteiger partial charge in [-0.05, 0) is 72.0 Å². The Morgan fingerprint density at radius 2 is 1.77 bits per heavy atom. The van der Waals surface area contributed by atoms with Gasteiger partial charge in [-0.15, -0.1) is 17.7 Å². The van der Waals surface area contributed by atoms with Crippen LogP contribution in [0.2, 0.25) is 0 Å². The van der Waals surface area contributed by atoms with Crippen molar-refractivity contribution in [2.45, 2.75) is 45.4 Å². The maximum absolute atomic E-state index is 10.7. The number of hydrogen-bond donors (Lipinski definition) is 1. The van der Waals surface area contributed by atoms with Crippen LogP contribution >= 0.6 is 0 Å². The van der Waals surface area contributed by atoms with Gasteiger partial charge in [-0.2, -0.15) is 0 Å². The molecule has 5 heteroatoms. The van der Waals surface area contributed by atoms with Gasteiger partial charge in [-0.25, -0.2) is 0 Å². The van der Waals surface area contributed by atoms with Crippen LogP contribution in [0, 0.1) is 12.9 Å². The van der Waals surface area contributed by atoms with E-state index in [0.717, 1.165) is 52.8 Å². The van der Waals surface area contributed by atoms with E-state index in [1.165, 1.54) is 13.0 Å². The summed E-state index contributed by atoms with van der Waals surface area (Å²) < 4.78 is 39.1. The van der Waals surface area contributed by atoms with Crippen molar-refractivity contribution in [3.8, 4) is 17.0 Å². The molecule has 7 rings (SSSR count). The summed E-state index contributed by atoms with van der Waals surface area (Å²) in [6.45, 7) is -0.881.